The van der Waals surface area contributed by atoms with E-state index in [0.29, 0.717) is 17.1 Å². The number of thioether (sulfide) groups is 1. The van der Waals surface area contributed by atoms with Crippen molar-refractivity contribution in [1.82, 2.24) is 10.3 Å². The van der Waals surface area contributed by atoms with Gasteiger partial charge in [-0.2, -0.15) is 5.26 Å². The predicted molar refractivity (Wildman–Crippen MR) is 104 cm³/mol. The Morgan fingerprint density at radius 2 is 2.04 bits per heavy atom. The normalized spacial score (nSPS) is 12.4. The number of methoxy groups -OCH3 is 1. The van der Waals surface area contributed by atoms with Gasteiger partial charge in [0.1, 0.15) is 17.1 Å². The van der Waals surface area contributed by atoms with E-state index in [2.05, 4.69) is 10.3 Å². The zero-order chi connectivity index (χ0) is 21.3. The number of carbonyl (C=O) groups is 3. The molecule has 9 heteroatoms. The third-order valence-electron chi connectivity index (χ3n) is 4.12. The zero-order valence-corrected chi connectivity index (χ0v) is 17.5. The molecule has 1 aromatic rings. The Kier molecular flexibility index (Phi) is 9.45. The van der Waals surface area contributed by atoms with Crippen molar-refractivity contribution in [2.75, 3.05) is 19.5 Å². The highest BCUT2D eigenvalue weighted by atomic mass is 32.2. The number of ether oxygens (including phenoxy) is 2. The van der Waals surface area contributed by atoms with Crippen molar-refractivity contribution in [3.63, 3.8) is 0 Å². The summed E-state index contributed by atoms with van der Waals surface area (Å²) in [6.45, 7) is 7.30. The molecule has 0 aliphatic carbocycles. The Balaban J connectivity index is 2.90. The number of pyridine rings is 1. The number of aryl methyl sites for hydroxylation is 1. The van der Waals surface area contributed by atoms with Crippen molar-refractivity contribution in [2.45, 2.75) is 45.2 Å². The van der Waals surface area contributed by atoms with Crippen LogP contribution in [-0.4, -0.2) is 48.3 Å². The molecule has 0 fully saturated rings. The molecule has 1 amide bonds. The Hall–Kier alpha value is -2.60. The highest BCUT2D eigenvalue weighted by molar-refractivity contribution is 8.00. The second-order valence-electron chi connectivity index (χ2n) is 6.05. The van der Waals surface area contributed by atoms with E-state index in [9.17, 15) is 19.6 Å². The zero-order valence-electron chi connectivity index (χ0n) is 16.7. The van der Waals surface area contributed by atoms with Gasteiger partial charge in [-0.25, -0.2) is 14.6 Å². The number of rotatable bonds is 9. The summed E-state index contributed by atoms with van der Waals surface area (Å²) in [4.78, 5) is 40.4. The van der Waals surface area contributed by atoms with Crippen molar-refractivity contribution in [3.8, 4) is 6.07 Å². The van der Waals surface area contributed by atoms with Crippen LogP contribution in [0.25, 0.3) is 0 Å². The molecule has 0 aromatic carbocycles. The molecule has 2 atom stereocenters. The molecule has 0 unspecified atom stereocenters. The standard InChI is InChI=1S/C19H25N3O5S/c1-6-11(3)16(19(25)26-5)22-15(23)10-28-17-13(9-20)8-14(12(4)21-17)18(24)27-7-2/h8,11,16H,6-7,10H2,1-5H3,(H,22,23)/t11-,16-/m0/s1. The lowest BCUT2D eigenvalue weighted by Gasteiger charge is -2.21. The minimum absolute atomic E-state index is 0.0379. The van der Waals surface area contributed by atoms with E-state index in [1.165, 1.54) is 13.2 Å². The summed E-state index contributed by atoms with van der Waals surface area (Å²) in [5.41, 5.74) is 0.806. The van der Waals surface area contributed by atoms with Gasteiger partial charge in [0, 0.05) is 0 Å². The molecule has 1 aromatic heterocycles. The highest BCUT2D eigenvalue weighted by Crippen LogP contribution is 2.23. The number of nitriles is 1. The second kappa shape index (κ2) is 11.3. The summed E-state index contributed by atoms with van der Waals surface area (Å²) in [6.07, 6.45) is 0.696. The SMILES string of the molecule is CCOC(=O)c1cc(C#N)c(SCC(=O)N[C@H](C(=O)OC)[C@@H](C)CC)nc1C. The maximum absolute atomic E-state index is 12.3. The smallest absolute Gasteiger partial charge is 0.340 e. The van der Waals surface area contributed by atoms with Crippen LogP contribution < -0.4 is 5.32 Å². The highest BCUT2D eigenvalue weighted by Gasteiger charge is 2.27. The summed E-state index contributed by atoms with van der Waals surface area (Å²) in [6, 6.07) is 2.66. The molecule has 1 N–H and O–H groups in total. The Bertz CT molecular complexity index is 776. The number of amides is 1. The minimum atomic E-state index is -0.737. The molecular formula is C19H25N3O5S. The fourth-order valence-corrected chi connectivity index (χ4v) is 3.15. The van der Waals surface area contributed by atoms with Crippen LogP contribution in [0.1, 0.15) is 48.8 Å². The molecule has 1 heterocycles. The topological polar surface area (TPSA) is 118 Å². The summed E-state index contributed by atoms with van der Waals surface area (Å²) < 4.78 is 9.70. The van der Waals surface area contributed by atoms with E-state index in [1.807, 2.05) is 19.9 Å². The van der Waals surface area contributed by atoms with Gasteiger partial charge in [-0.15, -0.1) is 0 Å². The van der Waals surface area contributed by atoms with E-state index < -0.39 is 18.0 Å². The average Bonchev–Trinajstić information content (AvgIpc) is 2.69. The molecule has 0 saturated carbocycles. The molecule has 0 spiro atoms. The molecule has 1 rings (SSSR count). The van der Waals surface area contributed by atoms with Gasteiger partial charge in [0.15, 0.2) is 0 Å². The third kappa shape index (κ3) is 6.23. The fourth-order valence-electron chi connectivity index (χ4n) is 2.33. The van der Waals surface area contributed by atoms with Crippen molar-refractivity contribution >= 4 is 29.6 Å². The first-order valence-corrected chi connectivity index (χ1v) is 9.86. The largest absolute Gasteiger partial charge is 0.467 e. The second-order valence-corrected chi connectivity index (χ2v) is 7.01. The number of carbonyl (C=O) groups excluding carboxylic acids is 3. The van der Waals surface area contributed by atoms with Crippen molar-refractivity contribution < 1.29 is 23.9 Å². The number of hydrogen-bond acceptors (Lipinski definition) is 8. The minimum Gasteiger partial charge on any atom is -0.467 e. The number of nitrogens with one attached hydrogen (secondary N) is 1. The Morgan fingerprint density at radius 3 is 2.57 bits per heavy atom. The maximum atomic E-state index is 12.3. The lowest BCUT2D eigenvalue weighted by Crippen LogP contribution is -2.46. The number of esters is 2. The first-order valence-electron chi connectivity index (χ1n) is 8.87. The molecule has 0 bridgehead atoms. The van der Waals surface area contributed by atoms with E-state index in [1.54, 1.807) is 13.8 Å². The van der Waals surface area contributed by atoms with Gasteiger partial charge >= 0.3 is 11.9 Å². The van der Waals surface area contributed by atoms with Gasteiger partial charge in [0.05, 0.1) is 36.3 Å². The Morgan fingerprint density at radius 1 is 1.36 bits per heavy atom. The quantitative estimate of drug-likeness (QED) is 0.489. The number of aromatic nitrogens is 1. The monoisotopic (exact) mass is 407 g/mol. The first-order chi connectivity index (χ1) is 13.3. The van der Waals surface area contributed by atoms with Crippen molar-refractivity contribution in [1.29, 1.82) is 5.26 Å². The van der Waals surface area contributed by atoms with Gasteiger partial charge in [-0.3, -0.25) is 4.79 Å². The van der Waals surface area contributed by atoms with E-state index in [0.717, 1.165) is 11.8 Å². The lowest BCUT2D eigenvalue weighted by molar-refractivity contribution is -0.146. The van der Waals surface area contributed by atoms with Crippen LogP contribution in [0, 0.1) is 24.2 Å². The molecule has 0 aliphatic rings. The van der Waals surface area contributed by atoms with Crippen LogP contribution in [0.4, 0.5) is 0 Å². The summed E-state index contributed by atoms with van der Waals surface area (Å²) >= 11 is 1.06. The fraction of sp³-hybridized carbons (Fsp3) is 0.526. The van der Waals surface area contributed by atoms with Crippen LogP contribution >= 0.6 is 11.8 Å². The van der Waals surface area contributed by atoms with E-state index >= 15 is 0 Å². The van der Waals surface area contributed by atoms with Gasteiger partial charge in [0.2, 0.25) is 5.91 Å². The summed E-state index contributed by atoms with van der Waals surface area (Å²) in [5.74, 6) is -1.55. The lowest BCUT2D eigenvalue weighted by atomic mass is 9.99. The molecule has 28 heavy (non-hydrogen) atoms. The van der Waals surface area contributed by atoms with Crippen LogP contribution in [0.2, 0.25) is 0 Å². The summed E-state index contributed by atoms with van der Waals surface area (Å²) in [7, 11) is 1.27. The van der Waals surface area contributed by atoms with Gasteiger partial charge in [0.25, 0.3) is 0 Å². The van der Waals surface area contributed by atoms with Crippen LogP contribution in [0.3, 0.4) is 0 Å². The molecule has 0 saturated heterocycles. The predicted octanol–water partition coefficient (Wildman–Crippen LogP) is 2.23. The Labute approximate surface area is 169 Å². The van der Waals surface area contributed by atoms with Gasteiger partial charge < -0.3 is 14.8 Å². The van der Waals surface area contributed by atoms with E-state index in [-0.39, 0.29) is 35.3 Å². The molecule has 0 radical (unpaired) electrons. The third-order valence-corrected chi connectivity index (χ3v) is 5.11. The van der Waals surface area contributed by atoms with Crippen molar-refractivity contribution in [3.05, 3.63) is 22.9 Å². The number of nitrogens with zero attached hydrogens (tertiary/aromatic N) is 2. The van der Waals surface area contributed by atoms with Crippen molar-refractivity contribution in [2.24, 2.45) is 5.92 Å². The number of hydrogen-bond donors (Lipinski definition) is 1. The van der Waals surface area contributed by atoms with Crippen LogP contribution in [0.5, 0.6) is 0 Å². The molecule has 0 aliphatic heterocycles. The van der Waals surface area contributed by atoms with E-state index in [4.69, 9.17) is 9.47 Å². The average molecular weight is 407 g/mol. The first kappa shape index (κ1) is 23.4. The molecule has 152 valence electrons. The molecular weight excluding hydrogens is 382 g/mol. The van der Waals surface area contributed by atoms with Gasteiger partial charge in [-0.05, 0) is 25.8 Å². The molecule has 8 nitrogen and oxygen atoms in total. The maximum Gasteiger partial charge on any atom is 0.340 e. The summed E-state index contributed by atoms with van der Waals surface area (Å²) in [5, 5.41) is 12.4. The van der Waals surface area contributed by atoms with Crippen LogP contribution in [0.15, 0.2) is 11.1 Å². The van der Waals surface area contributed by atoms with Gasteiger partial charge in [-0.1, -0.05) is 32.0 Å². The van der Waals surface area contributed by atoms with Crippen LogP contribution in [-0.2, 0) is 19.1 Å².